The summed E-state index contributed by atoms with van der Waals surface area (Å²) < 4.78 is 5.60. The van der Waals surface area contributed by atoms with E-state index in [2.05, 4.69) is 32.3 Å². The number of nitrogens with one attached hydrogen (secondary N) is 2. The minimum Gasteiger partial charge on any atom is -0.381 e. The lowest BCUT2D eigenvalue weighted by atomic mass is 9.98. The molecule has 0 atom stereocenters. The number of ether oxygens (including phenoxy) is 1. The molecule has 0 spiro atoms. The number of carbonyl (C=O) groups excluding carboxylic acids is 1. The van der Waals surface area contributed by atoms with E-state index in [4.69, 9.17) is 4.74 Å². The highest BCUT2D eigenvalue weighted by Gasteiger charge is 2.30. The molecule has 1 aromatic carbocycles. The number of hydrogen-bond acceptors (Lipinski definition) is 5. The molecule has 2 aliphatic rings. The number of hydrogen-bond donors (Lipinski definition) is 2. The van der Waals surface area contributed by atoms with Crippen molar-refractivity contribution in [2.75, 3.05) is 45.9 Å². The van der Waals surface area contributed by atoms with Crippen molar-refractivity contribution in [2.45, 2.75) is 57.5 Å². The molecule has 7 nitrogen and oxygen atoms in total. The molecule has 2 aromatic rings. The zero-order chi connectivity index (χ0) is 21.5. The van der Waals surface area contributed by atoms with Crippen LogP contribution in [0.4, 0.5) is 0 Å². The smallest absolute Gasteiger partial charge is 0.219 e. The lowest BCUT2D eigenvalue weighted by Gasteiger charge is -2.43. The summed E-state index contributed by atoms with van der Waals surface area (Å²) in [4.78, 5) is 24.5. The SMILES string of the molecule is CC(=O)N1CCC(N(CCNCCCc2nc3ccccc3[nH]2)C2CCOCC2)CC1. The fourth-order valence-corrected chi connectivity index (χ4v) is 5.03. The van der Waals surface area contributed by atoms with Gasteiger partial charge in [0.25, 0.3) is 0 Å². The monoisotopic (exact) mass is 427 g/mol. The van der Waals surface area contributed by atoms with E-state index in [1.54, 1.807) is 6.92 Å². The van der Waals surface area contributed by atoms with Crippen LogP contribution in [0.2, 0.25) is 0 Å². The topological polar surface area (TPSA) is 73.5 Å². The van der Waals surface area contributed by atoms with Gasteiger partial charge in [0, 0.05) is 64.8 Å². The molecule has 1 amide bonds. The second-order valence-electron chi connectivity index (χ2n) is 8.87. The van der Waals surface area contributed by atoms with Crippen molar-refractivity contribution in [1.82, 2.24) is 25.1 Å². The minimum atomic E-state index is 0.210. The third kappa shape index (κ3) is 6.05. The van der Waals surface area contributed by atoms with E-state index in [1.165, 1.54) is 0 Å². The molecule has 2 N–H and O–H groups in total. The highest BCUT2D eigenvalue weighted by molar-refractivity contribution is 5.74. The Labute approximate surface area is 185 Å². The van der Waals surface area contributed by atoms with E-state index >= 15 is 0 Å². The summed E-state index contributed by atoms with van der Waals surface area (Å²) in [6.45, 7) is 8.30. The van der Waals surface area contributed by atoms with Gasteiger partial charge >= 0.3 is 0 Å². The number of rotatable bonds is 9. The van der Waals surface area contributed by atoms with Crippen LogP contribution in [0.25, 0.3) is 11.0 Å². The number of para-hydroxylation sites is 2. The summed E-state index contributed by atoms with van der Waals surface area (Å²) in [5.74, 6) is 1.28. The van der Waals surface area contributed by atoms with Crippen molar-refractivity contribution in [3.63, 3.8) is 0 Å². The Morgan fingerprint density at radius 3 is 2.65 bits per heavy atom. The largest absolute Gasteiger partial charge is 0.381 e. The third-order valence-corrected chi connectivity index (χ3v) is 6.79. The number of nitrogens with zero attached hydrogens (tertiary/aromatic N) is 3. The van der Waals surface area contributed by atoms with Crippen molar-refractivity contribution < 1.29 is 9.53 Å². The highest BCUT2D eigenvalue weighted by Crippen LogP contribution is 2.23. The Balaban J connectivity index is 1.21. The van der Waals surface area contributed by atoms with E-state index in [9.17, 15) is 4.79 Å². The predicted octanol–water partition coefficient (Wildman–Crippen LogP) is 2.58. The van der Waals surface area contributed by atoms with Crippen LogP contribution >= 0.6 is 0 Å². The fourth-order valence-electron chi connectivity index (χ4n) is 5.03. The van der Waals surface area contributed by atoms with Gasteiger partial charge in [0.1, 0.15) is 5.82 Å². The molecule has 2 saturated heterocycles. The van der Waals surface area contributed by atoms with Gasteiger partial charge in [-0.2, -0.15) is 0 Å². The van der Waals surface area contributed by atoms with Crippen LogP contribution in [-0.2, 0) is 16.0 Å². The van der Waals surface area contributed by atoms with E-state index in [1.807, 2.05) is 17.0 Å². The zero-order valence-electron chi connectivity index (χ0n) is 18.8. The normalized spacial score (nSPS) is 18.8. The Kier molecular flexibility index (Phi) is 7.94. The van der Waals surface area contributed by atoms with E-state index in [0.29, 0.717) is 12.1 Å². The molecule has 7 heteroatoms. The van der Waals surface area contributed by atoms with Gasteiger partial charge in [0.05, 0.1) is 11.0 Å². The molecule has 0 aliphatic carbocycles. The molecule has 4 rings (SSSR count). The summed E-state index contributed by atoms with van der Waals surface area (Å²) in [7, 11) is 0. The van der Waals surface area contributed by atoms with E-state index in [0.717, 1.165) is 101 Å². The fraction of sp³-hybridized carbons (Fsp3) is 0.667. The number of aromatic amines is 1. The van der Waals surface area contributed by atoms with Gasteiger partial charge in [-0.3, -0.25) is 9.69 Å². The molecule has 0 saturated carbocycles. The lowest BCUT2D eigenvalue weighted by Crippen LogP contribution is -2.52. The summed E-state index contributed by atoms with van der Waals surface area (Å²) in [5, 5.41) is 3.65. The maximum atomic E-state index is 11.7. The van der Waals surface area contributed by atoms with Gasteiger partial charge in [0.15, 0.2) is 0 Å². The number of carbonyl (C=O) groups is 1. The van der Waals surface area contributed by atoms with Crippen LogP contribution in [-0.4, -0.2) is 83.7 Å². The summed E-state index contributed by atoms with van der Waals surface area (Å²) in [5.41, 5.74) is 2.17. The maximum Gasteiger partial charge on any atom is 0.219 e. The van der Waals surface area contributed by atoms with Crippen molar-refractivity contribution in [2.24, 2.45) is 0 Å². The summed E-state index contributed by atoms with van der Waals surface area (Å²) in [6.07, 6.45) is 6.47. The van der Waals surface area contributed by atoms with Gasteiger partial charge in [-0.15, -0.1) is 0 Å². The van der Waals surface area contributed by atoms with Crippen molar-refractivity contribution in [1.29, 1.82) is 0 Å². The van der Waals surface area contributed by atoms with E-state index < -0.39 is 0 Å². The second-order valence-corrected chi connectivity index (χ2v) is 8.87. The zero-order valence-corrected chi connectivity index (χ0v) is 18.8. The standard InChI is InChI=1S/C24H37N5O2/c1-19(30)28-14-8-20(9-15-28)29(21-10-17-31-18-11-21)16-13-25-12-4-7-24-26-22-5-2-3-6-23(22)27-24/h2-3,5-6,20-21,25H,4,7-18H2,1H3,(H,26,27). The number of piperidine rings is 1. The molecule has 0 bridgehead atoms. The molecule has 1 aromatic heterocycles. The molecule has 31 heavy (non-hydrogen) atoms. The summed E-state index contributed by atoms with van der Waals surface area (Å²) >= 11 is 0. The number of fused-ring (bicyclic) bond motifs is 1. The average molecular weight is 428 g/mol. The van der Waals surface area contributed by atoms with Gasteiger partial charge in [-0.25, -0.2) is 4.98 Å². The van der Waals surface area contributed by atoms with Crippen LogP contribution < -0.4 is 5.32 Å². The van der Waals surface area contributed by atoms with Gasteiger partial charge < -0.3 is 19.9 Å². The third-order valence-electron chi connectivity index (χ3n) is 6.79. The highest BCUT2D eigenvalue weighted by atomic mass is 16.5. The molecule has 2 aliphatic heterocycles. The quantitative estimate of drug-likeness (QED) is 0.602. The van der Waals surface area contributed by atoms with Gasteiger partial charge in [-0.1, -0.05) is 12.1 Å². The Hall–Kier alpha value is -1.96. The predicted molar refractivity (Wildman–Crippen MR) is 123 cm³/mol. The Bertz CT molecular complexity index is 791. The van der Waals surface area contributed by atoms with Crippen molar-refractivity contribution in [3.8, 4) is 0 Å². The van der Waals surface area contributed by atoms with Crippen LogP contribution in [0.5, 0.6) is 0 Å². The van der Waals surface area contributed by atoms with Crippen LogP contribution in [0.3, 0.4) is 0 Å². The molecule has 170 valence electrons. The number of amides is 1. The minimum absolute atomic E-state index is 0.210. The average Bonchev–Trinajstić information content (AvgIpc) is 3.22. The number of likely N-dealkylation sites (tertiary alicyclic amines) is 1. The first kappa shape index (κ1) is 22.2. The Morgan fingerprint density at radius 1 is 1.16 bits per heavy atom. The number of imidazole rings is 1. The second kappa shape index (κ2) is 11.1. The Morgan fingerprint density at radius 2 is 1.90 bits per heavy atom. The first-order valence-electron chi connectivity index (χ1n) is 11.9. The van der Waals surface area contributed by atoms with Gasteiger partial charge in [-0.05, 0) is 50.8 Å². The first-order valence-corrected chi connectivity index (χ1v) is 11.9. The molecule has 0 unspecified atom stereocenters. The van der Waals surface area contributed by atoms with Crippen LogP contribution in [0.1, 0.15) is 44.9 Å². The molecular weight excluding hydrogens is 390 g/mol. The number of H-pyrrole nitrogens is 1. The maximum absolute atomic E-state index is 11.7. The number of benzene rings is 1. The molecule has 2 fully saturated rings. The van der Waals surface area contributed by atoms with E-state index in [-0.39, 0.29) is 5.91 Å². The lowest BCUT2D eigenvalue weighted by molar-refractivity contribution is -0.130. The number of aromatic nitrogens is 2. The van der Waals surface area contributed by atoms with Crippen LogP contribution in [0, 0.1) is 0 Å². The summed E-state index contributed by atoms with van der Waals surface area (Å²) in [6, 6.07) is 9.40. The molecule has 0 radical (unpaired) electrons. The number of aryl methyl sites for hydroxylation is 1. The first-order chi connectivity index (χ1) is 15.2. The van der Waals surface area contributed by atoms with Gasteiger partial charge in [0.2, 0.25) is 5.91 Å². The molecule has 3 heterocycles. The van der Waals surface area contributed by atoms with Crippen LogP contribution in [0.15, 0.2) is 24.3 Å². The van der Waals surface area contributed by atoms with Crippen molar-refractivity contribution in [3.05, 3.63) is 30.1 Å². The molecular formula is C24H37N5O2. The van der Waals surface area contributed by atoms with Crippen molar-refractivity contribution >= 4 is 16.9 Å².